The van der Waals surface area contributed by atoms with Crippen molar-refractivity contribution < 1.29 is 4.74 Å². The molecule has 0 amide bonds. The van der Waals surface area contributed by atoms with E-state index in [1.165, 1.54) is 5.57 Å². The fourth-order valence-corrected chi connectivity index (χ4v) is 4.00. The van der Waals surface area contributed by atoms with E-state index in [1.54, 1.807) is 10.9 Å². The van der Waals surface area contributed by atoms with Crippen LogP contribution in [0.5, 0.6) is 0 Å². The summed E-state index contributed by atoms with van der Waals surface area (Å²) in [5, 5.41) is 15.9. The van der Waals surface area contributed by atoms with Crippen LogP contribution in [0, 0.1) is 0 Å². The number of ether oxygens (including phenoxy) is 1. The zero-order valence-corrected chi connectivity index (χ0v) is 15.9. The van der Waals surface area contributed by atoms with Crippen LogP contribution in [0.2, 0.25) is 0 Å². The fourth-order valence-electron chi connectivity index (χ4n) is 4.00. The van der Waals surface area contributed by atoms with E-state index in [4.69, 9.17) is 15.5 Å². The van der Waals surface area contributed by atoms with Gasteiger partial charge < -0.3 is 20.7 Å². The normalized spacial score (nSPS) is 20.5. The molecule has 2 aliphatic heterocycles. The number of aromatic nitrogens is 5. The van der Waals surface area contributed by atoms with Gasteiger partial charge in [-0.15, -0.1) is 5.10 Å². The van der Waals surface area contributed by atoms with Gasteiger partial charge in [-0.05, 0) is 37.1 Å². The lowest BCUT2D eigenvalue weighted by Gasteiger charge is -2.34. The zero-order valence-electron chi connectivity index (χ0n) is 15.9. The van der Waals surface area contributed by atoms with Crippen molar-refractivity contribution in [3.8, 4) is 5.82 Å². The molecule has 9 nitrogen and oxygen atoms in total. The highest BCUT2D eigenvalue weighted by Crippen LogP contribution is 2.35. The SMILES string of the molecule is CC1COCCN1c1cc(C2=CCNCC2)c2c(N)nn(-c3ccn[nH]3)c2n1. The first-order valence-electron chi connectivity index (χ1n) is 9.66. The number of fused-ring (bicyclic) bond motifs is 1. The molecule has 1 fully saturated rings. The van der Waals surface area contributed by atoms with E-state index in [9.17, 15) is 0 Å². The first-order chi connectivity index (χ1) is 13.7. The molecule has 28 heavy (non-hydrogen) atoms. The minimum Gasteiger partial charge on any atom is -0.382 e. The standard InChI is InChI=1S/C19H24N8O/c1-12-11-28-9-8-26(12)16-10-14(13-2-5-21-6-3-13)17-18(20)25-27(19(17)23-16)15-4-7-22-24-15/h2,4,7,10,12,21H,3,5-6,8-9,11H2,1H3,(H2,20,25)(H,22,24). The Morgan fingerprint density at radius 1 is 1.36 bits per heavy atom. The maximum Gasteiger partial charge on any atom is 0.169 e. The first-order valence-corrected chi connectivity index (χ1v) is 9.66. The van der Waals surface area contributed by atoms with Gasteiger partial charge in [0, 0.05) is 19.2 Å². The predicted molar refractivity (Wildman–Crippen MR) is 109 cm³/mol. The molecule has 5 rings (SSSR count). The summed E-state index contributed by atoms with van der Waals surface area (Å²) in [6.45, 7) is 6.19. The summed E-state index contributed by atoms with van der Waals surface area (Å²) in [6.07, 6.45) is 4.88. The maximum absolute atomic E-state index is 6.36. The average molecular weight is 380 g/mol. The van der Waals surface area contributed by atoms with Crippen LogP contribution in [-0.4, -0.2) is 63.9 Å². The lowest BCUT2D eigenvalue weighted by Crippen LogP contribution is -2.44. The number of pyridine rings is 1. The number of hydrogen-bond acceptors (Lipinski definition) is 7. The largest absolute Gasteiger partial charge is 0.382 e. The first kappa shape index (κ1) is 17.2. The Morgan fingerprint density at radius 3 is 3.04 bits per heavy atom. The minimum absolute atomic E-state index is 0.259. The Balaban J connectivity index is 1.75. The Labute approximate surface area is 162 Å². The van der Waals surface area contributed by atoms with Crippen LogP contribution in [0.1, 0.15) is 18.9 Å². The van der Waals surface area contributed by atoms with Crippen LogP contribution in [0.4, 0.5) is 11.6 Å². The third-order valence-corrected chi connectivity index (χ3v) is 5.44. The smallest absolute Gasteiger partial charge is 0.169 e. The van der Waals surface area contributed by atoms with Gasteiger partial charge in [0.2, 0.25) is 0 Å². The number of rotatable bonds is 3. The molecule has 146 valence electrons. The van der Waals surface area contributed by atoms with Gasteiger partial charge >= 0.3 is 0 Å². The summed E-state index contributed by atoms with van der Waals surface area (Å²) in [6, 6.07) is 4.28. The van der Waals surface area contributed by atoms with Crippen molar-refractivity contribution in [2.45, 2.75) is 19.4 Å². The third kappa shape index (κ3) is 2.83. The molecule has 1 atom stereocenters. The molecule has 1 saturated heterocycles. The van der Waals surface area contributed by atoms with E-state index >= 15 is 0 Å². The third-order valence-electron chi connectivity index (χ3n) is 5.44. The topological polar surface area (TPSA) is 110 Å². The minimum atomic E-state index is 0.259. The maximum atomic E-state index is 6.36. The van der Waals surface area contributed by atoms with Crippen molar-refractivity contribution in [3.05, 3.63) is 30.0 Å². The van der Waals surface area contributed by atoms with Crippen LogP contribution < -0.4 is 16.0 Å². The highest BCUT2D eigenvalue weighted by Gasteiger charge is 2.25. The van der Waals surface area contributed by atoms with Crippen LogP contribution in [0.15, 0.2) is 24.4 Å². The number of anilines is 2. The number of H-pyrrole nitrogens is 1. The lowest BCUT2D eigenvalue weighted by atomic mass is 9.98. The molecule has 0 aliphatic carbocycles. The fraction of sp³-hybridized carbons (Fsp3) is 0.421. The monoisotopic (exact) mass is 380 g/mol. The molecule has 3 aromatic rings. The molecule has 2 aliphatic rings. The van der Waals surface area contributed by atoms with Crippen LogP contribution in [0.25, 0.3) is 22.4 Å². The van der Waals surface area contributed by atoms with Crippen molar-refractivity contribution >= 4 is 28.2 Å². The molecule has 4 N–H and O–H groups in total. The summed E-state index contributed by atoms with van der Waals surface area (Å²) >= 11 is 0. The number of nitrogen functional groups attached to an aromatic ring is 1. The van der Waals surface area contributed by atoms with Gasteiger partial charge in [0.15, 0.2) is 17.3 Å². The second kappa shape index (κ2) is 6.92. The quantitative estimate of drug-likeness (QED) is 0.629. The van der Waals surface area contributed by atoms with Crippen LogP contribution >= 0.6 is 0 Å². The van der Waals surface area contributed by atoms with E-state index in [0.29, 0.717) is 19.0 Å². The molecule has 0 saturated carbocycles. The summed E-state index contributed by atoms with van der Waals surface area (Å²) in [7, 11) is 0. The second-order valence-corrected chi connectivity index (χ2v) is 7.27. The van der Waals surface area contributed by atoms with Gasteiger partial charge in [0.25, 0.3) is 0 Å². The molecule has 9 heteroatoms. The second-order valence-electron chi connectivity index (χ2n) is 7.27. The number of morpholine rings is 1. The van der Waals surface area contributed by atoms with Crippen LogP contribution in [0.3, 0.4) is 0 Å². The molecular formula is C19H24N8O. The molecule has 0 spiro atoms. The molecule has 0 radical (unpaired) electrons. The highest BCUT2D eigenvalue weighted by molar-refractivity contribution is 5.99. The Bertz CT molecular complexity index is 1020. The summed E-state index contributed by atoms with van der Waals surface area (Å²) in [4.78, 5) is 7.28. The summed E-state index contributed by atoms with van der Waals surface area (Å²) < 4.78 is 7.36. The lowest BCUT2D eigenvalue weighted by molar-refractivity contribution is 0.0985. The van der Waals surface area contributed by atoms with Gasteiger partial charge in [0.05, 0.1) is 30.8 Å². The number of hydrogen-bond donors (Lipinski definition) is 3. The molecule has 1 unspecified atom stereocenters. The van der Waals surface area contributed by atoms with Gasteiger partial charge in [0.1, 0.15) is 5.82 Å². The number of aromatic amines is 1. The van der Waals surface area contributed by atoms with Crippen LogP contribution in [-0.2, 0) is 4.74 Å². The number of nitrogens with one attached hydrogen (secondary N) is 2. The highest BCUT2D eigenvalue weighted by atomic mass is 16.5. The van der Waals surface area contributed by atoms with E-state index in [1.807, 2.05) is 6.07 Å². The van der Waals surface area contributed by atoms with E-state index in [0.717, 1.165) is 54.3 Å². The Kier molecular flexibility index (Phi) is 4.25. The number of nitrogens with zero attached hydrogens (tertiary/aromatic N) is 5. The number of nitrogens with two attached hydrogens (primary N) is 1. The van der Waals surface area contributed by atoms with Gasteiger partial charge in [-0.2, -0.15) is 9.78 Å². The molecular weight excluding hydrogens is 356 g/mol. The Morgan fingerprint density at radius 2 is 2.29 bits per heavy atom. The van der Waals surface area contributed by atoms with Crippen molar-refractivity contribution in [2.24, 2.45) is 0 Å². The zero-order chi connectivity index (χ0) is 19.1. The van der Waals surface area contributed by atoms with Crippen molar-refractivity contribution in [1.29, 1.82) is 0 Å². The molecule has 0 aromatic carbocycles. The van der Waals surface area contributed by atoms with Gasteiger partial charge in [-0.1, -0.05) is 6.08 Å². The van der Waals surface area contributed by atoms with Gasteiger partial charge in [-0.25, -0.2) is 4.98 Å². The Hall–Kier alpha value is -2.91. The summed E-state index contributed by atoms with van der Waals surface area (Å²) in [5.41, 5.74) is 9.50. The van der Waals surface area contributed by atoms with Crippen molar-refractivity contribution in [3.63, 3.8) is 0 Å². The predicted octanol–water partition coefficient (Wildman–Crippen LogP) is 1.33. The molecule has 3 aromatic heterocycles. The van der Waals surface area contributed by atoms with E-state index in [2.05, 4.69) is 44.6 Å². The average Bonchev–Trinajstić information content (AvgIpc) is 3.37. The molecule has 5 heterocycles. The molecule has 0 bridgehead atoms. The van der Waals surface area contributed by atoms with Crippen molar-refractivity contribution in [2.75, 3.05) is 43.5 Å². The van der Waals surface area contributed by atoms with Gasteiger partial charge in [-0.3, -0.25) is 5.10 Å². The summed E-state index contributed by atoms with van der Waals surface area (Å²) in [5.74, 6) is 2.15. The van der Waals surface area contributed by atoms with Crippen molar-refractivity contribution in [1.82, 2.24) is 30.3 Å². The van der Waals surface area contributed by atoms with E-state index < -0.39 is 0 Å². The van der Waals surface area contributed by atoms with E-state index in [-0.39, 0.29) is 6.04 Å².